The summed E-state index contributed by atoms with van der Waals surface area (Å²) in [5.74, 6) is -0.446. The van der Waals surface area contributed by atoms with Crippen LogP contribution in [0, 0.1) is 5.92 Å². The molecule has 1 aromatic rings. The van der Waals surface area contributed by atoms with E-state index in [1.807, 2.05) is 12.1 Å². The molecule has 26 heavy (non-hydrogen) atoms. The first-order valence-corrected chi connectivity index (χ1v) is 11.4. The molecular formula is C18H26N2O4S2. The number of hydrazine groups is 1. The van der Waals surface area contributed by atoms with Gasteiger partial charge in [0, 0.05) is 11.3 Å². The Kier molecular flexibility index (Phi) is 6.74. The van der Waals surface area contributed by atoms with E-state index in [9.17, 15) is 18.0 Å². The van der Waals surface area contributed by atoms with Crippen molar-refractivity contribution in [1.29, 1.82) is 0 Å². The Labute approximate surface area is 159 Å². The molecule has 2 amide bonds. The number of hydrogen-bond donors (Lipinski definition) is 2. The van der Waals surface area contributed by atoms with E-state index in [0.29, 0.717) is 6.42 Å². The number of rotatable bonds is 5. The molecule has 0 saturated carbocycles. The van der Waals surface area contributed by atoms with Gasteiger partial charge in [-0.3, -0.25) is 20.4 Å². The molecule has 1 aliphatic heterocycles. The lowest BCUT2D eigenvalue weighted by molar-refractivity contribution is -0.128. The van der Waals surface area contributed by atoms with Crippen molar-refractivity contribution in [2.24, 2.45) is 5.92 Å². The molecule has 0 radical (unpaired) electrons. The number of benzene rings is 1. The summed E-state index contributed by atoms with van der Waals surface area (Å²) in [6.45, 7) is 6.44. The largest absolute Gasteiger partial charge is 0.273 e. The normalized spacial score (nSPS) is 19.1. The zero-order chi connectivity index (χ0) is 19.4. The van der Waals surface area contributed by atoms with Crippen molar-refractivity contribution >= 4 is 33.4 Å². The van der Waals surface area contributed by atoms with Crippen LogP contribution < -0.4 is 10.9 Å². The third-order valence-electron chi connectivity index (χ3n) is 4.23. The second-order valence-electron chi connectivity index (χ2n) is 7.63. The topological polar surface area (TPSA) is 92.3 Å². The third kappa shape index (κ3) is 6.64. The van der Waals surface area contributed by atoms with E-state index in [1.165, 1.54) is 17.3 Å². The van der Waals surface area contributed by atoms with Crippen LogP contribution >= 0.6 is 11.8 Å². The van der Waals surface area contributed by atoms with E-state index in [2.05, 4.69) is 43.8 Å². The Hall–Kier alpha value is -1.54. The number of carbonyl (C=O) groups is 2. The maximum Gasteiger partial charge on any atom is 0.248 e. The first-order chi connectivity index (χ1) is 12.0. The number of carbonyl (C=O) groups excluding carboxylic acids is 2. The second-order valence-corrected chi connectivity index (χ2v) is 10.9. The molecule has 1 atom stereocenters. The summed E-state index contributed by atoms with van der Waals surface area (Å²) in [7, 11) is -2.99. The second kappa shape index (κ2) is 8.43. The molecule has 2 N–H and O–H groups in total. The Morgan fingerprint density at radius 3 is 2.27 bits per heavy atom. The van der Waals surface area contributed by atoms with Gasteiger partial charge in [-0.15, -0.1) is 11.8 Å². The van der Waals surface area contributed by atoms with Gasteiger partial charge in [-0.25, -0.2) is 8.42 Å². The van der Waals surface area contributed by atoms with E-state index >= 15 is 0 Å². The lowest BCUT2D eigenvalue weighted by Crippen LogP contribution is -2.43. The summed E-state index contributed by atoms with van der Waals surface area (Å²) in [4.78, 5) is 24.6. The minimum absolute atomic E-state index is 0.0504. The fourth-order valence-corrected chi connectivity index (χ4v) is 5.28. The third-order valence-corrected chi connectivity index (χ3v) is 7.08. The smallest absolute Gasteiger partial charge is 0.248 e. The van der Waals surface area contributed by atoms with E-state index < -0.39 is 9.84 Å². The maximum absolute atomic E-state index is 11.8. The molecule has 1 heterocycles. The monoisotopic (exact) mass is 398 g/mol. The molecule has 1 aromatic carbocycles. The zero-order valence-electron chi connectivity index (χ0n) is 15.4. The number of thioether (sulfide) groups is 1. The number of nitrogens with one attached hydrogen (secondary N) is 2. The number of amides is 2. The van der Waals surface area contributed by atoms with Crippen molar-refractivity contribution in [3.63, 3.8) is 0 Å². The summed E-state index contributed by atoms with van der Waals surface area (Å²) in [5.41, 5.74) is 6.05. The molecule has 2 rings (SSSR count). The van der Waals surface area contributed by atoms with Crippen molar-refractivity contribution in [2.45, 2.75) is 43.9 Å². The van der Waals surface area contributed by atoms with E-state index in [0.717, 1.165) is 4.90 Å². The minimum Gasteiger partial charge on any atom is -0.273 e. The molecule has 6 nitrogen and oxygen atoms in total. The summed E-state index contributed by atoms with van der Waals surface area (Å²) in [6.07, 6.45) is 0.616. The molecule has 1 aliphatic rings. The standard InChI is InChI=1S/C18H26N2O4S2/c1-18(2,3)14-4-6-15(7-5-14)25-11-17(22)20-19-16(21)10-13-8-9-26(23,24)12-13/h4-7,13H,8-12H2,1-3H3,(H,19,21)(H,20,22)/t13-/m0/s1. The van der Waals surface area contributed by atoms with Crippen molar-refractivity contribution in [1.82, 2.24) is 10.9 Å². The van der Waals surface area contributed by atoms with Gasteiger partial charge in [0.25, 0.3) is 0 Å². The lowest BCUT2D eigenvalue weighted by Gasteiger charge is -2.19. The highest BCUT2D eigenvalue weighted by Crippen LogP contribution is 2.25. The van der Waals surface area contributed by atoms with Crippen LogP contribution in [-0.4, -0.2) is 37.5 Å². The summed E-state index contributed by atoms with van der Waals surface area (Å²) in [5, 5.41) is 0. The van der Waals surface area contributed by atoms with Crippen molar-refractivity contribution < 1.29 is 18.0 Å². The molecule has 144 valence electrons. The fourth-order valence-electron chi connectivity index (χ4n) is 2.72. The van der Waals surface area contributed by atoms with Gasteiger partial charge in [0.1, 0.15) is 0 Å². The van der Waals surface area contributed by atoms with Gasteiger partial charge in [-0.2, -0.15) is 0 Å². The molecule has 0 aliphatic carbocycles. The Morgan fingerprint density at radius 2 is 1.73 bits per heavy atom. The molecule has 0 spiro atoms. The number of sulfone groups is 1. The van der Waals surface area contributed by atoms with E-state index in [4.69, 9.17) is 0 Å². The minimum atomic E-state index is -2.99. The van der Waals surface area contributed by atoms with Crippen LogP contribution in [0.5, 0.6) is 0 Å². The van der Waals surface area contributed by atoms with Gasteiger partial charge in [0.2, 0.25) is 11.8 Å². The quantitative estimate of drug-likeness (QED) is 0.585. The molecule has 0 unspecified atom stereocenters. The van der Waals surface area contributed by atoms with Gasteiger partial charge in [0.05, 0.1) is 17.3 Å². The summed E-state index contributed by atoms with van der Waals surface area (Å²) < 4.78 is 22.8. The zero-order valence-corrected chi connectivity index (χ0v) is 17.0. The van der Waals surface area contributed by atoms with Gasteiger partial charge < -0.3 is 0 Å². The Morgan fingerprint density at radius 1 is 1.12 bits per heavy atom. The average molecular weight is 399 g/mol. The highest BCUT2D eigenvalue weighted by Gasteiger charge is 2.29. The molecule has 0 aromatic heterocycles. The van der Waals surface area contributed by atoms with Crippen molar-refractivity contribution in [3.8, 4) is 0 Å². The first-order valence-electron chi connectivity index (χ1n) is 8.56. The summed E-state index contributed by atoms with van der Waals surface area (Å²) in [6, 6.07) is 8.07. The van der Waals surface area contributed by atoms with Crippen LogP contribution in [0.1, 0.15) is 39.2 Å². The highest BCUT2D eigenvalue weighted by atomic mass is 32.2. The van der Waals surface area contributed by atoms with Gasteiger partial charge in [-0.1, -0.05) is 32.9 Å². The van der Waals surface area contributed by atoms with Crippen LogP contribution in [0.3, 0.4) is 0 Å². The fraction of sp³-hybridized carbons (Fsp3) is 0.556. The van der Waals surface area contributed by atoms with Crippen molar-refractivity contribution in [2.75, 3.05) is 17.3 Å². The average Bonchev–Trinajstić information content (AvgIpc) is 2.89. The Balaban J connectivity index is 1.69. The van der Waals surface area contributed by atoms with Gasteiger partial charge in [-0.05, 0) is 35.4 Å². The van der Waals surface area contributed by atoms with E-state index in [1.54, 1.807) is 0 Å². The van der Waals surface area contributed by atoms with Crippen LogP contribution in [0.25, 0.3) is 0 Å². The molecular weight excluding hydrogens is 372 g/mol. The molecule has 8 heteroatoms. The SMILES string of the molecule is CC(C)(C)c1ccc(SCC(=O)NNC(=O)C[C@@H]2CCS(=O)(=O)C2)cc1. The van der Waals surface area contributed by atoms with Gasteiger partial charge in [0.15, 0.2) is 9.84 Å². The van der Waals surface area contributed by atoms with Crippen molar-refractivity contribution in [3.05, 3.63) is 29.8 Å². The molecule has 0 bridgehead atoms. The Bertz CT molecular complexity index is 752. The first kappa shape index (κ1) is 20.8. The van der Waals surface area contributed by atoms with Crippen LogP contribution in [-0.2, 0) is 24.8 Å². The number of hydrogen-bond acceptors (Lipinski definition) is 5. The van der Waals surface area contributed by atoms with E-state index in [-0.39, 0.29) is 46.8 Å². The lowest BCUT2D eigenvalue weighted by atomic mass is 9.87. The predicted molar refractivity (Wildman–Crippen MR) is 104 cm³/mol. The molecule has 1 saturated heterocycles. The summed E-state index contributed by atoms with van der Waals surface area (Å²) >= 11 is 1.39. The van der Waals surface area contributed by atoms with Crippen LogP contribution in [0.2, 0.25) is 0 Å². The van der Waals surface area contributed by atoms with Crippen LogP contribution in [0.4, 0.5) is 0 Å². The predicted octanol–water partition coefficient (Wildman–Crippen LogP) is 2.05. The highest BCUT2D eigenvalue weighted by molar-refractivity contribution is 8.00. The maximum atomic E-state index is 11.8. The molecule has 1 fully saturated rings. The van der Waals surface area contributed by atoms with Crippen LogP contribution in [0.15, 0.2) is 29.2 Å². The van der Waals surface area contributed by atoms with Gasteiger partial charge >= 0.3 is 0 Å².